The maximum atomic E-state index is 11.7. The van der Waals surface area contributed by atoms with Gasteiger partial charge in [0, 0.05) is 6.42 Å². The molecule has 92 valence electrons. The van der Waals surface area contributed by atoms with Crippen LogP contribution in [0.15, 0.2) is 35.5 Å². The van der Waals surface area contributed by atoms with Crippen molar-refractivity contribution in [2.24, 2.45) is 5.16 Å². The summed E-state index contributed by atoms with van der Waals surface area (Å²) in [7, 11) is 0. The molecule has 0 amide bonds. The van der Waals surface area contributed by atoms with E-state index in [2.05, 4.69) is 11.1 Å². The molecule has 0 saturated carbocycles. The van der Waals surface area contributed by atoms with Crippen molar-refractivity contribution >= 4 is 11.7 Å². The van der Waals surface area contributed by atoms with E-state index in [4.69, 9.17) is 16.0 Å². The SMILES string of the molecule is C#CC(C)OC(=O)C1CC(c2ccccc2)=NO1. The fourth-order valence-corrected chi connectivity index (χ4v) is 1.59. The summed E-state index contributed by atoms with van der Waals surface area (Å²) in [5, 5.41) is 3.91. The summed E-state index contributed by atoms with van der Waals surface area (Å²) in [6.07, 6.45) is 4.29. The van der Waals surface area contributed by atoms with Crippen LogP contribution in [-0.4, -0.2) is 23.9 Å². The Morgan fingerprint density at radius 3 is 2.94 bits per heavy atom. The third kappa shape index (κ3) is 2.69. The first-order valence-corrected chi connectivity index (χ1v) is 5.65. The smallest absolute Gasteiger partial charge is 0.351 e. The van der Waals surface area contributed by atoms with Gasteiger partial charge in [0.15, 0.2) is 6.10 Å². The molecule has 4 nitrogen and oxygen atoms in total. The molecule has 0 N–H and O–H groups in total. The molecular weight excluding hydrogens is 230 g/mol. The van der Waals surface area contributed by atoms with Crippen molar-refractivity contribution in [3.8, 4) is 12.3 Å². The number of carbonyl (C=O) groups excluding carboxylic acids is 1. The first-order chi connectivity index (χ1) is 8.70. The number of esters is 1. The van der Waals surface area contributed by atoms with Crippen molar-refractivity contribution < 1.29 is 14.4 Å². The molecule has 0 spiro atoms. The van der Waals surface area contributed by atoms with Crippen LogP contribution in [0.2, 0.25) is 0 Å². The van der Waals surface area contributed by atoms with Crippen molar-refractivity contribution in [3.63, 3.8) is 0 Å². The quantitative estimate of drug-likeness (QED) is 0.600. The van der Waals surface area contributed by atoms with Crippen LogP contribution in [-0.2, 0) is 14.4 Å². The Balaban J connectivity index is 1.96. The van der Waals surface area contributed by atoms with Crippen molar-refractivity contribution in [1.29, 1.82) is 0 Å². The van der Waals surface area contributed by atoms with E-state index in [1.807, 2.05) is 30.3 Å². The molecule has 0 aliphatic carbocycles. The average Bonchev–Trinajstić information content (AvgIpc) is 2.89. The van der Waals surface area contributed by atoms with Gasteiger partial charge in [-0.05, 0) is 12.5 Å². The molecule has 1 aromatic rings. The highest BCUT2D eigenvalue weighted by molar-refractivity contribution is 6.03. The maximum Gasteiger partial charge on any atom is 0.351 e. The lowest BCUT2D eigenvalue weighted by Crippen LogP contribution is -2.26. The van der Waals surface area contributed by atoms with Gasteiger partial charge < -0.3 is 9.57 Å². The van der Waals surface area contributed by atoms with Crippen molar-refractivity contribution in [1.82, 2.24) is 0 Å². The third-order valence-electron chi connectivity index (χ3n) is 2.57. The fourth-order valence-electron chi connectivity index (χ4n) is 1.59. The van der Waals surface area contributed by atoms with E-state index in [0.29, 0.717) is 6.42 Å². The first kappa shape index (κ1) is 12.2. The minimum Gasteiger partial charge on any atom is -0.447 e. The molecule has 0 radical (unpaired) electrons. The summed E-state index contributed by atoms with van der Waals surface area (Å²) in [5.41, 5.74) is 1.68. The Morgan fingerprint density at radius 2 is 2.28 bits per heavy atom. The number of benzene rings is 1. The van der Waals surface area contributed by atoms with Gasteiger partial charge in [0.25, 0.3) is 0 Å². The molecule has 1 aromatic carbocycles. The molecule has 2 rings (SSSR count). The number of rotatable bonds is 3. The lowest BCUT2D eigenvalue weighted by Gasteiger charge is -2.10. The van der Waals surface area contributed by atoms with Crippen LogP contribution in [0.5, 0.6) is 0 Å². The number of hydrogen-bond donors (Lipinski definition) is 0. The molecule has 1 aliphatic rings. The second-order valence-electron chi connectivity index (χ2n) is 3.95. The predicted octanol–water partition coefficient (Wildman–Crippen LogP) is 1.74. The zero-order chi connectivity index (χ0) is 13.0. The number of hydrogen-bond acceptors (Lipinski definition) is 4. The van der Waals surface area contributed by atoms with Crippen LogP contribution in [0.25, 0.3) is 0 Å². The van der Waals surface area contributed by atoms with Crippen LogP contribution >= 0.6 is 0 Å². The molecule has 0 bridgehead atoms. The maximum absolute atomic E-state index is 11.7. The lowest BCUT2D eigenvalue weighted by molar-refractivity contribution is -0.157. The van der Waals surface area contributed by atoms with Crippen LogP contribution in [0, 0.1) is 12.3 Å². The van der Waals surface area contributed by atoms with Crippen LogP contribution < -0.4 is 0 Å². The Hall–Kier alpha value is -2.28. The van der Waals surface area contributed by atoms with Gasteiger partial charge in [-0.15, -0.1) is 6.42 Å². The molecule has 0 saturated heterocycles. The zero-order valence-electron chi connectivity index (χ0n) is 10.00. The van der Waals surface area contributed by atoms with E-state index in [0.717, 1.165) is 11.3 Å². The average molecular weight is 243 g/mol. The number of terminal acetylenes is 1. The second-order valence-corrected chi connectivity index (χ2v) is 3.95. The summed E-state index contributed by atoms with van der Waals surface area (Å²) in [4.78, 5) is 16.7. The molecule has 4 heteroatoms. The molecule has 18 heavy (non-hydrogen) atoms. The van der Waals surface area contributed by atoms with E-state index >= 15 is 0 Å². The summed E-state index contributed by atoms with van der Waals surface area (Å²) >= 11 is 0. The monoisotopic (exact) mass is 243 g/mol. The van der Waals surface area contributed by atoms with Crippen molar-refractivity contribution in [2.45, 2.75) is 25.6 Å². The number of ether oxygens (including phenoxy) is 1. The van der Waals surface area contributed by atoms with Gasteiger partial charge in [-0.2, -0.15) is 0 Å². The van der Waals surface area contributed by atoms with E-state index in [1.165, 1.54) is 0 Å². The van der Waals surface area contributed by atoms with Crippen LogP contribution in [0.1, 0.15) is 18.9 Å². The van der Waals surface area contributed by atoms with E-state index in [9.17, 15) is 4.79 Å². The fraction of sp³-hybridized carbons (Fsp3) is 0.286. The standard InChI is InChI=1S/C14H13NO3/c1-3-10(2)17-14(16)13-9-12(15-18-13)11-7-5-4-6-8-11/h1,4-8,10,13H,9H2,2H3. The first-order valence-electron chi connectivity index (χ1n) is 5.65. The topological polar surface area (TPSA) is 47.9 Å². The Morgan fingerprint density at radius 1 is 1.56 bits per heavy atom. The van der Waals surface area contributed by atoms with Gasteiger partial charge in [-0.25, -0.2) is 4.79 Å². The number of carbonyl (C=O) groups is 1. The Kier molecular flexibility index (Phi) is 3.63. The van der Waals surface area contributed by atoms with E-state index in [-0.39, 0.29) is 0 Å². The van der Waals surface area contributed by atoms with Gasteiger partial charge >= 0.3 is 5.97 Å². The highest BCUT2D eigenvalue weighted by atomic mass is 16.7. The summed E-state index contributed by atoms with van der Waals surface area (Å²) in [5.74, 6) is 1.85. The molecule has 0 aromatic heterocycles. The highest BCUT2D eigenvalue weighted by Gasteiger charge is 2.30. The summed E-state index contributed by atoms with van der Waals surface area (Å²) in [6.45, 7) is 1.63. The zero-order valence-corrected chi connectivity index (χ0v) is 10.00. The minimum atomic E-state index is -0.698. The highest BCUT2D eigenvalue weighted by Crippen LogP contribution is 2.17. The third-order valence-corrected chi connectivity index (χ3v) is 2.57. The van der Waals surface area contributed by atoms with Gasteiger partial charge in [0.2, 0.25) is 6.10 Å². The lowest BCUT2D eigenvalue weighted by atomic mass is 10.1. The summed E-state index contributed by atoms with van der Waals surface area (Å²) < 4.78 is 4.99. The van der Waals surface area contributed by atoms with Gasteiger partial charge in [0.1, 0.15) is 0 Å². The number of oxime groups is 1. The van der Waals surface area contributed by atoms with Gasteiger partial charge in [-0.3, -0.25) is 0 Å². The molecule has 1 heterocycles. The molecule has 1 aliphatic heterocycles. The second kappa shape index (κ2) is 5.37. The van der Waals surface area contributed by atoms with E-state index < -0.39 is 18.2 Å². The Bertz CT molecular complexity index is 502. The Labute approximate surface area is 106 Å². The molecule has 2 atom stereocenters. The summed E-state index contributed by atoms with van der Waals surface area (Å²) in [6, 6.07) is 9.56. The molecule has 0 fully saturated rings. The predicted molar refractivity (Wildman–Crippen MR) is 66.9 cm³/mol. The normalized spacial score (nSPS) is 19.3. The largest absolute Gasteiger partial charge is 0.447 e. The van der Waals surface area contributed by atoms with Crippen molar-refractivity contribution in [2.75, 3.05) is 0 Å². The van der Waals surface area contributed by atoms with Gasteiger partial charge in [0.05, 0.1) is 5.71 Å². The van der Waals surface area contributed by atoms with Crippen LogP contribution in [0.4, 0.5) is 0 Å². The van der Waals surface area contributed by atoms with Crippen molar-refractivity contribution in [3.05, 3.63) is 35.9 Å². The molecule has 2 unspecified atom stereocenters. The molecular formula is C14H13NO3. The minimum absolute atomic E-state index is 0.403. The van der Waals surface area contributed by atoms with Crippen LogP contribution in [0.3, 0.4) is 0 Å². The number of nitrogens with zero attached hydrogens (tertiary/aromatic N) is 1. The van der Waals surface area contributed by atoms with E-state index in [1.54, 1.807) is 6.92 Å². The van der Waals surface area contributed by atoms with Gasteiger partial charge in [-0.1, -0.05) is 41.4 Å².